The summed E-state index contributed by atoms with van der Waals surface area (Å²) >= 11 is 1.31. The second-order valence-corrected chi connectivity index (χ2v) is 6.49. The van der Waals surface area contributed by atoms with Gasteiger partial charge in [0.2, 0.25) is 0 Å². The van der Waals surface area contributed by atoms with Crippen LogP contribution in [0.4, 0.5) is 5.69 Å². The molecule has 3 aromatic rings. The number of aryl methyl sites for hydroxylation is 1. The third kappa shape index (κ3) is 2.98. The molecule has 2 heterocycles. The summed E-state index contributed by atoms with van der Waals surface area (Å²) in [5.41, 5.74) is 0.812. The van der Waals surface area contributed by atoms with Crippen LogP contribution in [0.2, 0.25) is 0 Å². The fourth-order valence-corrected chi connectivity index (χ4v) is 3.33. The number of hydrogen-bond donors (Lipinski definition) is 1. The Morgan fingerprint density at radius 1 is 1.08 bits per heavy atom. The van der Waals surface area contributed by atoms with E-state index in [9.17, 15) is 4.79 Å². The van der Waals surface area contributed by atoms with Gasteiger partial charge in [-0.25, -0.2) is 4.99 Å². The molecule has 0 radical (unpaired) electrons. The van der Waals surface area contributed by atoms with Crippen LogP contribution in [0, 0.1) is 6.92 Å². The number of carbonyl (C=O) groups excluding carboxylic acids is 1. The van der Waals surface area contributed by atoms with Crippen molar-refractivity contribution in [3.05, 3.63) is 71.0 Å². The van der Waals surface area contributed by atoms with E-state index < -0.39 is 0 Å². The lowest BCUT2D eigenvalue weighted by molar-refractivity contribution is -0.115. The molecule has 0 saturated carbocycles. The van der Waals surface area contributed by atoms with Gasteiger partial charge in [-0.1, -0.05) is 30.3 Å². The molecular formula is C19H14N2O2S. The van der Waals surface area contributed by atoms with Crippen LogP contribution in [-0.2, 0) is 4.79 Å². The van der Waals surface area contributed by atoms with Crippen molar-refractivity contribution in [3.63, 3.8) is 0 Å². The number of rotatable bonds is 2. The van der Waals surface area contributed by atoms with Gasteiger partial charge in [0.25, 0.3) is 5.91 Å². The number of amides is 1. The molecule has 0 atom stereocenters. The molecule has 0 spiro atoms. The van der Waals surface area contributed by atoms with Crippen LogP contribution in [0.3, 0.4) is 0 Å². The van der Waals surface area contributed by atoms with Gasteiger partial charge < -0.3 is 9.73 Å². The standard InChI is InChI=1S/C19H14N2O2S/c1-12-6-9-16(23-12)11-17-18(22)21-19(24-17)20-15-8-7-13-4-2-3-5-14(13)10-15/h2-11H,1H3,(H,20,21,22)/b17-11+. The summed E-state index contributed by atoms with van der Waals surface area (Å²) in [5, 5.41) is 5.65. The second-order valence-electron chi connectivity index (χ2n) is 5.46. The van der Waals surface area contributed by atoms with Crippen molar-refractivity contribution >= 4 is 45.4 Å². The maximum absolute atomic E-state index is 12.1. The van der Waals surface area contributed by atoms with E-state index in [0.717, 1.165) is 16.8 Å². The van der Waals surface area contributed by atoms with E-state index in [4.69, 9.17) is 4.42 Å². The molecule has 0 bridgehead atoms. The zero-order chi connectivity index (χ0) is 16.5. The predicted octanol–water partition coefficient (Wildman–Crippen LogP) is 4.63. The van der Waals surface area contributed by atoms with Crippen LogP contribution in [0.1, 0.15) is 11.5 Å². The highest BCUT2D eigenvalue weighted by Gasteiger charge is 2.24. The SMILES string of the molecule is Cc1ccc(/C=C2/SC(=Nc3ccc4ccccc4c3)NC2=O)o1. The van der Waals surface area contributed by atoms with Gasteiger partial charge in [0, 0.05) is 6.08 Å². The zero-order valence-electron chi connectivity index (χ0n) is 12.9. The molecule has 4 rings (SSSR count). The summed E-state index contributed by atoms with van der Waals surface area (Å²) in [6.07, 6.45) is 1.73. The van der Waals surface area contributed by atoms with E-state index in [1.807, 2.05) is 55.5 Å². The second kappa shape index (κ2) is 6.02. The monoisotopic (exact) mass is 334 g/mol. The Balaban J connectivity index is 1.61. The van der Waals surface area contributed by atoms with E-state index in [2.05, 4.69) is 16.4 Å². The quantitative estimate of drug-likeness (QED) is 0.695. The van der Waals surface area contributed by atoms with Crippen LogP contribution >= 0.6 is 11.8 Å². The molecule has 2 aromatic carbocycles. The van der Waals surface area contributed by atoms with E-state index in [1.54, 1.807) is 6.08 Å². The molecule has 1 aromatic heterocycles. The van der Waals surface area contributed by atoms with E-state index in [1.165, 1.54) is 17.1 Å². The number of thioether (sulfide) groups is 1. The lowest BCUT2D eigenvalue weighted by Crippen LogP contribution is -2.19. The largest absolute Gasteiger partial charge is 0.462 e. The molecule has 1 amide bonds. The minimum absolute atomic E-state index is 0.159. The number of aliphatic imine (C=N–C) groups is 1. The molecule has 1 saturated heterocycles. The lowest BCUT2D eigenvalue weighted by atomic mass is 10.1. The molecule has 1 aliphatic rings. The first-order valence-electron chi connectivity index (χ1n) is 7.52. The minimum Gasteiger partial charge on any atom is -0.462 e. The normalized spacial score (nSPS) is 17.8. The average molecular weight is 334 g/mol. The maximum atomic E-state index is 12.1. The van der Waals surface area contributed by atoms with Crippen LogP contribution in [0.5, 0.6) is 0 Å². The van der Waals surface area contributed by atoms with Gasteiger partial charge in [0.05, 0.1) is 10.6 Å². The summed E-state index contributed by atoms with van der Waals surface area (Å²) < 4.78 is 5.49. The van der Waals surface area contributed by atoms with Crippen LogP contribution in [0.15, 0.2) is 68.9 Å². The predicted molar refractivity (Wildman–Crippen MR) is 98.2 cm³/mol. The first-order valence-corrected chi connectivity index (χ1v) is 8.34. The Labute approximate surface area is 143 Å². The molecular weight excluding hydrogens is 320 g/mol. The van der Waals surface area contributed by atoms with Crippen molar-refractivity contribution in [1.82, 2.24) is 5.32 Å². The Bertz CT molecular complexity index is 1000. The smallest absolute Gasteiger partial charge is 0.264 e. The van der Waals surface area contributed by atoms with E-state index in [-0.39, 0.29) is 5.91 Å². The first kappa shape index (κ1) is 14.8. The van der Waals surface area contributed by atoms with Gasteiger partial charge in [-0.2, -0.15) is 0 Å². The first-order chi connectivity index (χ1) is 11.7. The fraction of sp³-hybridized carbons (Fsp3) is 0.0526. The van der Waals surface area contributed by atoms with Gasteiger partial charge in [-0.3, -0.25) is 4.79 Å². The number of fused-ring (bicyclic) bond motifs is 1. The molecule has 5 heteroatoms. The van der Waals surface area contributed by atoms with Crippen molar-refractivity contribution in [2.24, 2.45) is 4.99 Å². The highest BCUT2D eigenvalue weighted by molar-refractivity contribution is 8.18. The molecule has 1 N–H and O–H groups in total. The number of nitrogens with zero attached hydrogens (tertiary/aromatic N) is 1. The molecule has 1 fully saturated rings. The van der Waals surface area contributed by atoms with Crippen molar-refractivity contribution in [1.29, 1.82) is 0 Å². The Morgan fingerprint density at radius 3 is 2.71 bits per heavy atom. The van der Waals surface area contributed by atoms with Gasteiger partial charge in [-0.15, -0.1) is 0 Å². The minimum atomic E-state index is -0.159. The summed E-state index contributed by atoms with van der Waals surface area (Å²) in [6.45, 7) is 1.87. The average Bonchev–Trinajstić information content (AvgIpc) is 3.13. The number of carbonyl (C=O) groups is 1. The third-order valence-corrected chi connectivity index (χ3v) is 4.56. The fourth-order valence-electron chi connectivity index (χ4n) is 2.50. The van der Waals surface area contributed by atoms with Crippen LogP contribution in [-0.4, -0.2) is 11.1 Å². The molecule has 118 valence electrons. The topological polar surface area (TPSA) is 54.6 Å². The zero-order valence-corrected chi connectivity index (χ0v) is 13.8. The highest BCUT2D eigenvalue weighted by Crippen LogP contribution is 2.29. The number of hydrogen-bond acceptors (Lipinski definition) is 4. The molecule has 0 aliphatic carbocycles. The number of amidine groups is 1. The number of nitrogens with one attached hydrogen (secondary N) is 1. The number of benzene rings is 2. The Morgan fingerprint density at radius 2 is 1.92 bits per heavy atom. The molecule has 24 heavy (non-hydrogen) atoms. The Hall–Kier alpha value is -2.79. The van der Waals surface area contributed by atoms with Crippen LogP contribution in [0.25, 0.3) is 16.8 Å². The van der Waals surface area contributed by atoms with Gasteiger partial charge in [0.1, 0.15) is 11.5 Å². The number of furan rings is 1. The molecule has 0 unspecified atom stereocenters. The van der Waals surface area contributed by atoms with Crippen molar-refractivity contribution < 1.29 is 9.21 Å². The maximum Gasteiger partial charge on any atom is 0.264 e. The van der Waals surface area contributed by atoms with Gasteiger partial charge >= 0.3 is 0 Å². The van der Waals surface area contributed by atoms with Crippen molar-refractivity contribution in [3.8, 4) is 0 Å². The third-order valence-electron chi connectivity index (χ3n) is 3.65. The summed E-state index contributed by atoms with van der Waals surface area (Å²) in [6, 6.07) is 17.8. The van der Waals surface area contributed by atoms with Gasteiger partial charge in [-0.05, 0) is 53.7 Å². The Kier molecular flexibility index (Phi) is 3.70. The molecule has 4 nitrogen and oxygen atoms in total. The summed E-state index contributed by atoms with van der Waals surface area (Å²) in [4.78, 5) is 17.2. The van der Waals surface area contributed by atoms with Crippen molar-refractivity contribution in [2.45, 2.75) is 6.92 Å². The van der Waals surface area contributed by atoms with Crippen LogP contribution < -0.4 is 5.32 Å². The van der Waals surface area contributed by atoms with Gasteiger partial charge in [0.15, 0.2) is 5.17 Å². The highest BCUT2D eigenvalue weighted by atomic mass is 32.2. The summed E-state index contributed by atoms with van der Waals surface area (Å²) in [5.74, 6) is 1.32. The van der Waals surface area contributed by atoms with E-state index in [0.29, 0.717) is 15.8 Å². The lowest BCUT2D eigenvalue weighted by Gasteiger charge is -2.00. The summed E-state index contributed by atoms with van der Waals surface area (Å²) in [7, 11) is 0. The van der Waals surface area contributed by atoms with Crippen molar-refractivity contribution in [2.75, 3.05) is 0 Å². The van der Waals surface area contributed by atoms with E-state index >= 15 is 0 Å². The molecule has 1 aliphatic heterocycles.